The minimum atomic E-state index is -1.08. The van der Waals surface area contributed by atoms with Crippen molar-refractivity contribution in [2.45, 2.75) is 0 Å². The largest absolute Gasteiger partial charge is 0.479 e. The molecule has 1 aromatic carbocycles. The van der Waals surface area contributed by atoms with Gasteiger partial charge >= 0.3 is 5.97 Å². The first-order valence-corrected chi connectivity index (χ1v) is 5.26. The molecule has 0 bridgehead atoms. The summed E-state index contributed by atoms with van der Waals surface area (Å²) in [4.78, 5) is 10.4. The standard InChI is InChI=1S/C12H8Cl2O3/c1-2-5-17-12-8(3-4-11(15)16)6-9(13)7-10(12)14/h1,3-4,6-7H,5H2,(H,15,16)/b4-3+. The Labute approximate surface area is 109 Å². The highest BCUT2D eigenvalue weighted by atomic mass is 35.5. The zero-order valence-electron chi connectivity index (χ0n) is 8.61. The highest BCUT2D eigenvalue weighted by Crippen LogP contribution is 2.33. The molecule has 1 aromatic rings. The van der Waals surface area contributed by atoms with Crippen LogP contribution in [0.5, 0.6) is 5.75 Å². The highest BCUT2D eigenvalue weighted by molar-refractivity contribution is 6.35. The van der Waals surface area contributed by atoms with Crippen LogP contribution in [0.3, 0.4) is 0 Å². The van der Waals surface area contributed by atoms with Gasteiger partial charge in [0.2, 0.25) is 0 Å². The van der Waals surface area contributed by atoms with E-state index in [1.54, 1.807) is 6.07 Å². The summed E-state index contributed by atoms with van der Waals surface area (Å²) in [5, 5.41) is 9.21. The molecule has 3 nitrogen and oxygen atoms in total. The van der Waals surface area contributed by atoms with Gasteiger partial charge < -0.3 is 9.84 Å². The average Bonchev–Trinajstić information content (AvgIpc) is 2.24. The number of hydrogen-bond donors (Lipinski definition) is 1. The van der Waals surface area contributed by atoms with Gasteiger partial charge in [0.15, 0.2) is 0 Å². The molecular formula is C12H8Cl2O3. The van der Waals surface area contributed by atoms with Crippen molar-refractivity contribution < 1.29 is 14.6 Å². The van der Waals surface area contributed by atoms with Crippen LogP contribution < -0.4 is 4.74 Å². The number of rotatable bonds is 4. The second-order valence-electron chi connectivity index (χ2n) is 2.97. The summed E-state index contributed by atoms with van der Waals surface area (Å²) < 4.78 is 5.23. The summed E-state index contributed by atoms with van der Waals surface area (Å²) in [6.07, 6.45) is 7.37. The van der Waals surface area contributed by atoms with Gasteiger partial charge in [-0.1, -0.05) is 29.1 Å². The Morgan fingerprint density at radius 1 is 1.53 bits per heavy atom. The summed E-state index contributed by atoms with van der Waals surface area (Å²) in [6, 6.07) is 3.03. The fourth-order valence-corrected chi connectivity index (χ4v) is 1.69. The minimum absolute atomic E-state index is 0.0370. The fraction of sp³-hybridized carbons (Fsp3) is 0.0833. The van der Waals surface area contributed by atoms with E-state index in [0.717, 1.165) is 6.08 Å². The van der Waals surface area contributed by atoms with Gasteiger partial charge in [0, 0.05) is 16.7 Å². The Morgan fingerprint density at radius 2 is 2.24 bits per heavy atom. The quantitative estimate of drug-likeness (QED) is 0.676. The van der Waals surface area contributed by atoms with Gasteiger partial charge in [0.25, 0.3) is 0 Å². The van der Waals surface area contributed by atoms with Crippen LogP contribution in [0.4, 0.5) is 0 Å². The molecule has 1 rings (SSSR count). The predicted molar refractivity (Wildman–Crippen MR) is 67.5 cm³/mol. The van der Waals surface area contributed by atoms with Gasteiger partial charge in [0.1, 0.15) is 12.4 Å². The topological polar surface area (TPSA) is 46.5 Å². The number of ether oxygens (including phenoxy) is 1. The van der Waals surface area contributed by atoms with E-state index >= 15 is 0 Å². The normalized spacial score (nSPS) is 10.2. The van der Waals surface area contributed by atoms with Crippen LogP contribution in [0.1, 0.15) is 5.56 Å². The predicted octanol–water partition coefficient (Wildman–Crippen LogP) is 3.10. The van der Waals surface area contributed by atoms with Crippen molar-refractivity contribution >= 4 is 35.2 Å². The van der Waals surface area contributed by atoms with E-state index in [-0.39, 0.29) is 11.6 Å². The molecule has 0 heterocycles. The second kappa shape index (κ2) is 6.19. The molecule has 1 N–H and O–H groups in total. The van der Waals surface area contributed by atoms with Crippen LogP contribution in [-0.2, 0) is 4.79 Å². The van der Waals surface area contributed by atoms with Crippen LogP contribution in [0, 0.1) is 12.3 Å². The molecule has 0 saturated carbocycles. The number of aliphatic carboxylic acids is 1. The van der Waals surface area contributed by atoms with E-state index in [2.05, 4.69) is 5.92 Å². The lowest BCUT2D eigenvalue weighted by Crippen LogP contribution is -1.97. The maximum absolute atomic E-state index is 10.4. The van der Waals surface area contributed by atoms with Crippen molar-refractivity contribution in [1.82, 2.24) is 0 Å². The molecule has 0 unspecified atom stereocenters. The van der Waals surface area contributed by atoms with Crippen molar-refractivity contribution in [3.63, 3.8) is 0 Å². The highest BCUT2D eigenvalue weighted by Gasteiger charge is 2.08. The number of carboxylic acid groups (broad SMARTS) is 1. The third kappa shape index (κ3) is 4.03. The lowest BCUT2D eigenvalue weighted by molar-refractivity contribution is -0.131. The van der Waals surface area contributed by atoms with Crippen LogP contribution in [0.2, 0.25) is 10.0 Å². The summed E-state index contributed by atoms with van der Waals surface area (Å²) in [7, 11) is 0. The number of halogens is 2. The molecule has 0 atom stereocenters. The van der Waals surface area contributed by atoms with Crippen molar-refractivity contribution in [2.75, 3.05) is 6.61 Å². The van der Waals surface area contributed by atoms with Crippen molar-refractivity contribution in [3.05, 3.63) is 33.8 Å². The van der Waals surface area contributed by atoms with Crippen LogP contribution in [0.15, 0.2) is 18.2 Å². The number of terminal acetylenes is 1. The number of carboxylic acids is 1. The van der Waals surface area contributed by atoms with Crippen LogP contribution in [-0.4, -0.2) is 17.7 Å². The molecule has 0 aliphatic carbocycles. The SMILES string of the molecule is C#CCOc1c(Cl)cc(Cl)cc1/C=C/C(=O)O. The van der Waals surface area contributed by atoms with E-state index in [1.165, 1.54) is 12.1 Å². The monoisotopic (exact) mass is 270 g/mol. The van der Waals surface area contributed by atoms with E-state index in [1.807, 2.05) is 0 Å². The molecule has 0 aromatic heterocycles. The van der Waals surface area contributed by atoms with E-state index in [4.69, 9.17) is 39.5 Å². The molecular weight excluding hydrogens is 263 g/mol. The second-order valence-corrected chi connectivity index (χ2v) is 3.81. The van der Waals surface area contributed by atoms with Gasteiger partial charge in [-0.2, -0.15) is 0 Å². The molecule has 17 heavy (non-hydrogen) atoms. The maximum atomic E-state index is 10.4. The molecule has 0 radical (unpaired) electrons. The van der Waals surface area contributed by atoms with E-state index in [0.29, 0.717) is 16.3 Å². The van der Waals surface area contributed by atoms with Gasteiger partial charge in [-0.15, -0.1) is 6.42 Å². The first kappa shape index (κ1) is 13.4. The molecule has 0 fully saturated rings. The Hall–Kier alpha value is -1.63. The van der Waals surface area contributed by atoms with Crippen molar-refractivity contribution in [1.29, 1.82) is 0 Å². The zero-order chi connectivity index (χ0) is 12.8. The Balaban J connectivity index is 3.16. The molecule has 0 amide bonds. The van der Waals surface area contributed by atoms with Gasteiger partial charge in [-0.05, 0) is 18.2 Å². The summed E-state index contributed by atoms with van der Waals surface area (Å²) in [6.45, 7) is 0.0370. The number of benzene rings is 1. The molecule has 0 aliphatic rings. The van der Waals surface area contributed by atoms with Gasteiger partial charge in [-0.25, -0.2) is 4.79 Å². The van der Waals surface area contributed by atoms with E-state index < -0.39 is 5.97 Å². The third-order valence-corrected chi connectivity index (χ3v) is 2.24. The Morgan fingerprint density at radius 3 is 2.82 bits per heavy atom. The molecule has 0 aliphatic heterocycles. The Bertz CT molecular complexity index is 501. The lowest BCUT2D eigenvalue weighted by atomic mass is 10.2. The number of carbonyl (C=O) groups is 1. The van der Waals surface area contributed by atoms with Gasteiger partial charge in [0.05, 0.1) is 5.02 Å². The van der Waals surface area contributed by atoms with Crippen LogP contribution in [0.25, 0.3) is 6.08 Å². The molecule has 88 valence electrons. The first-order valence-electron chi connectivity index (χ1n) is 4.51. The minimum Gasteiger partial charge on any atom is -0.479 e. The Kier molecular flexibility index (Phi) is 4.89. The first-order chi connectivity index (χ1) is 8.04. The zero-order valence-corrected chi connectivity index (χ0v) is 10.1. The summed E-state index contributed by atoms with van der Waals surface area (Å²) in [5.74, 6) is 1.53. The maximum Gasteiger partial charge on any atom is 0.328 e. The van der Waals surface area contributed by atoms with E-state index in [9.17, 15) is 4.79 Å². The fourth-order valence-electron chi connectivity index (χ4n) is 1.13. The molecule has 0 saturated heterocycles. The molecule has 5 heteroatoms. The number of hydrogen-bond acceptors (Lipinski definition) is 2. The van der Waals surface area contributed by atoms with Crippen LogP contribution >= 0.6 is 23.2 Å². The van der Waals surface area contributed by atoms with Crippen molar-refractivity contribution in [3.8, 4) is 18.1 Å². The third-order valence-electron chi connectivity index (χ3n) is 1.74. The smallest absolute Gasteiger partial charge is 0.328 e. The average molecular weight is 271 g/mol. The molecule has 0 spiro atoms. The summed E-state index contributed by atoms with van der Waals surface area (Å²) in [5.41, 5.74) is 0.458. The van der Waals surface area contributed by atoms with Gasteiger partial charge in [-0.3, -0.25) is 0 Å². The van der Waals surface area contributed by atoms with Crippen molar-refractivity contribution in [2.24, 2.45) is 0 Å². The summed E-state index contributed by atoms with van der Waals surface area (Å²) >= 11 is 11.7. The lowest BCUT2D eigenvalue weighted by Gasteiger charge is -2.09.